The molecule has 1 unspecified atom stereocenters. The molecule has 0 spiro atoms. The maximum Gasteiger partial charge on any atom is 0.122 e. The van der Waals surface area contributed by atoms with Crippen LogP contribution in [0, 0.1) is 6.92 Å². The minimum Gasteiger partial charge on any atom is -0.507 e. The number of rotatable bonds is 6. The van der Waals surface area contributed by atoms with E-state index in [0.29, 0.717) is 18.3 Å². The Hall–Kier alpha value is -1.06. The first-order valence-electron chi connectivity index (χ1n) is 5.77. The quantitative estimate of drug-likeness (QED) is 0.691. The van der Waals surface area contributed by atoms with Gasteiger partial charge in [-0.15, -0.1) is 0 Å². The van der Waals surface area contributed by atoms with Crippen molar-refractivity contribution in [3.05, 3.63) is 29.3 Å². The smallest absolute Gasteiger partial charge is 0.122 e. The highest BCUT2D eigenvalue weighted by Crippen LogP contribution is 2.21. The summed E-state index contributed by atoms with van der Waals surface area (Å²) in [4.78, 5) is 0. The van der Waals surface area contributed by atoms with Crippen LogP contribution >= 0.6 is 0 Å². The molecule has 1 rings (SSSR count). The van der Waals surface area contributed by atoms with Crippen LogP contribution in [0.4, 0.5) is 0 Å². The number of phenolic OH excluding ortho intramolecular Hbond substituents is 1. The summed E-state index contributed by atoms with van der Waals surface area (Å²) in [7, 11) is 0. The molecule has 0 aromatic heterocycles. The molecule has 16 heavy (non-hydrogen) atoms. The monoisotopic (exact) mass is 223 g/mol. The fraction of sp³-hybridized carbons (Fsp3) is 0.538. The summed E-state index contributed by atoms with van der Waals surface area (Å²) in [6, 6.07) is 6.12. The van der Waals surface area contributed by atoms with Gasteiger partial charge in [0, 0.05) is 24.8 Å². The number of aliphatic hydroxyl groups is 1. The number of hydrogen-bond acceptors (Lipinski definition) is 3. The van der Waals surface area contributed by atoms with Crippen LogP contribution in [0.5, 0.6) is 5.75 Å². The fourth-order valence-corrected chi connectivity index (χ4v) is 1.65. The van der Waals surface area contributed by atoms with E-state index in [4.69, 9.17) is 5.11 Å². The van der Waals surface area contributed by atoms with Crippen LogP contribution in [0.25, 0.3) is 0 Å². The summed E-state index contributed by atoms with van der Waals surface area (Å²) in [5, 5.41) is 21.9. The van der Waals surface area contributed by atoms with Gasteiger partial charge < -0.3 is 15.5 Å². The van der Waals surface area contributed by atoms with Crippen LogP contribution in [0.2, 0.25) is 0 Å². The summed E-state index contributed by atoms with van der Waals surface area (Å²) >= 11 is 0. The summed E-state index contributed by atoms with van der Waals surface area (Å²) in [5.41, 5.74) is 1.83. The van der Waals surface area contributed by atoms with Gasteiger partial charge in [0.15, 0.2) is 0 Å². The minimum atomic E-state index is 0.238. The molecule has 0 fully saturated rings. The van der Waals surface area contributed by atoms with Gasteiger partial charge in [-0.25, -0.2) is 0 Å². The van der Waals surface area contributed by atoms with Crippen molar-refractivity contribution in [3.63, 3.8) is 0 Å². The summed E-state index contributed by atoms with van der Waals surface area (Å²) in [6.07, 6.45) is 1.76. The number of aryl methyl sites for hydroxylation is 1. The molecule has 3 N–H and O–H groups in total. The molecule has 0 bridgehead atoms. The number of nitrogens with one attached hydrogen (secondary N) is 1. The van der Waals surface area contributed by atoms with Crippen LogP contribution in [-0.4, -0.2) is 22.9 Å². The zero-order valence-corrected chi connectivity index (χ0v) is 10.0. The normalized spacial score (nSPS) is 12.7. The number of phenols is 1. The highest BCUT2D eigenvalue weighted by Gasteiger charge is 2.05. The van der Waals surface area contributed by atoms with Crippen molar-refractivity contribution in [3.8, 4) is 5.75 Å². The molecule has 0 saturated carbocycles. The van der Waals surface area contributed by atoms with Crippen molar-refractivity contribution in [2.75, 3.05) is 6.61 Å². The molecule has 3 nitrogen and oxygen atoms in total. The zero-order chi connectivity index (χ0) is 12.0. The van der Waals surface area contributed by atoms with Gasteiger partial charge in [-0.3, -0.25) is 0 Å². The molecule has 0 saturated heterocycles. The predicted octanol–water partition coefficient (Wildman–Crippen LogP) is 1.95. The Morgan fingerprint density at radius 1 is 1.38 bits per heavy atom. The van der Waals surface area contributed by atoms with Gasteiger partial charge in [-0.1, -0.05) is 18.2 Å². The fourth-order valence-electron chi connectivity index (χ4n) is 1.65. The Labute approximate surface area is 97.1 Å². The van der Waals surface area contributed by atoms with Crippen molar-refractivity contribution in [2.24, 2.45) is 0 Å². The molecule has 90 valence electrons. The molecule has 1 aromatic carbocycles. The molecule has 3 heteroatoms. The molecule has 1 aromatic rings. The maximum absolute atomic E-state index is 9.81. The third-order valence-corrected chi connectivity index (χ3v) is 2.76. The molecule has 0 amide bonds. The first-order chi connectivity index (χ1) is 7.65. The molecule has 0 aliphatic carbocycles. The first kappa shape index (κ1) is 13.0. The number of benzene rings is 1. The van der Waals surface area contributed by atoms with Crippen LogP contribution < -0.4 is 5.32 Å². The molecular formula is C13H21NO2. The molecule has 1 atom stereocenters. The van der Waals surface area contributed by atoms with Crippen molar-refractivity contribution in [1.29, 1.82) is 0 Å². The average Bonchev–Trinajstić information content (AvgIpc) is 2.28. The first-order valence-corrected chi connectivity index (χ1v) is 5.77. The lowest BCUT2D eigenvalue weighted by molar-refractivity contribution is 0.276. The van der Waals surface area contributed by atoms with Crippen LogP contribution in [0.15, 0.2) is 18.2 Å². The lowest BCUT2D eigenvalue weighted by Gasteiger charge is -2.14. The van der Waals surface area contributed by atoms with E-state index in [9.17, 15) is 5.11 Å². The van der Waals surface area contributed by atoms with Gasteiger partial charge in [-0.2, -0.15) is 0 Å². The summed E-state index contributed by atoms with van der Waals surface area (Å²) in [6.45, 7) is 4.89. The van der Waals surface area contributed by atoms with E-state index in [2.05, 4.69) is 12.2 Å². The van der Waals surface area contributed by atoms with Gasteiger partial charge in [0.25, 0.3) is 0 Å². The van der Waals surface area contributed by atoms with Crippen molar-refractivity contribution >= 4 is 0 Å². The Morgan fingerprint density at radius 3 is 2.81 bits per heavy atom. The predicted molar refractivity (Wildman–Crippen MR) is 65.5 cm³/mol. The molecular weight excluding hydrogens is 202 g/mol. The number of aromatic hydroxyl groups is 1. The van der Waals surface area contributed by atoms with Gasteiger partial charge in [0.2, 0.25) is 0 Å². The highest BCUT2D eigenvalue weighted by molar-refractivity contribution is 5.39. The van der Waals surface area contributed by atoms with Crippen molar-refractivity contribution < 1.29 is 10.2 Å². The Bertz CT molecular complexity index is 326. The van der Waals surface area contributed by atoms with Crippen LogP contribution in [-0.2, 0) is 6.54 Å². The standard InChI is InChI=1S/C13H21NO2/c1-10-5-3-7-12(13(10)16)9-14-11(2)6-4-8-15/h3,5,7,11,14-16H,4,6,8-9H2,1-2H3. The lowest BCUT2D eigenvalue weighted by atomic mass is 10.1. The van der Waals surface area contributed by atoms with Crippen LogP contribution in [0.1, 0.15) is 30.9 Å². The van der Waals surface area contributed by atoms with E-state index in [1.807, 2.05) is 25.1 Å². The minimum absolute atomic E-state index is 0.238. The summed E-state index contributed by atoms with van der Waals surface area (Å²) < 4.78 is 0. The Morgan fingerprint density at radius 2 is 2.12 bits per heavy atom. The topological polar surface area (TPSA) is 52.5 Å². The Kier molecular flexibility index (Phi) is 5.29. The Balaban J connectivity index is 2.45. The molecule has 0 aliphatic heterocycles. The number of aliphatic hydroxyl groups excluding tert-OH is 1. The second-order valence-corrected chi connectivity index (χ2v) is 4.23. The van der Waals surface area contributed by atoms with E-state index in [-0.39, 0.29) is 6.61 Å². The summed E-state index contributed by atoms with van der Waals surface area (Å²) in [5.74, 6) is 0.379. The zero-order valence-electron chi connectivity index (χ0n) is 10.0. The second-order valence-electron chi connectivity index (χ2n) is 4.23. The molecule has 0 aliphatic rings. The van der Waals surface area contributed by atoms with Gasteiger partial charge in [0.1, 0.15) is 5.75 Å². The SMILES string of the molecule is Cc1cccc(CNC(C)CCCO)c1O. The second kappa shape index (κ2) is 6.51. The average molecular weight is 223 g/mol. The van der Waals surface area contributed by atoms with E-state index in [1.165, 1.54) is 0 Å². The van der Waals surface area contributed by atoms with Gasteiger partial charge in [-0.05, 0) is 32.3 Å². The van der Waals surface area contributed by atoms with E-state index in [0.717, 1.165) is 24.0 Å². The van der Waals surface area contributed by atoms with Gasteiger partial charge in [0.05, 0.1) is 0 Å². The number of hydrogen-bond donors (Lipinski definition) is 3. The van der Waals surface area contributed by atoms with Crippen molar-refractivity contribution in [1.82, 2.24) is 5.32 Å². The third-order valence-electron chi connectivity index (χ3n) is 2.76. The van der Waals surface area contributed by atoms with E-state index < -0.39 is 0 Å². The maximum atomic E-state index is 9.81. The third kappa shape index (κ3) is 3.83. The largest absolute Gasteiger partial charge is 0.507 e. The van der Waals surface area contributed by atoms with Crippen molar-refractivity contribution in [2.45, 2.75) is 39.3 Å². The van der Waals surface area contributed by atoms with Crippen LogP contribution in [0.3, 0.4) is 0 Å². The highest BCUT2D eigenvalue weighted by atomic mass is 16.3. The number of para-hydroxylation sites is 1. The molecule has 0 heterocycles. The lowest BCUT2D eigenvalue weighted by Crippen LogP contribution is -2.25. The van der Waals surface area contributed by atoms with E-state index in [1.54, 1.807) is 0 Å². The van der Waals surface area contributed by atoms with E-state index >= 15 is 0 Å². The van der Waals surface area contributed by atoms with Gasteiger partial charge >= 0.3 is 0 Å². The molecule has 0 radical (unpaired) electrons.